The van der Waals surface area contributed by atoms with E-state index in [1.807, 2.05) is 30.3 Å². The average molecular weight is 518 g/mol. The summed E-state index contributed by atoms with van der Waals surface area (Å²) in [6, 6.07) is 8.87. The Hall–Kier alpha value is -2.78. The maximum atomic E-state index is 13.8. The van der Waals surface area contributed by atoms with Crippen molar-refractivity contribution >= 4 is 18.9 Å². The van der Waals surface area contributed by atoms with E-state index in [4.69, 9.17) is 9.31 Å². The van der Waals surface area contributed by atoms with E-state index in [1.54, 1.807) is 0 Å². The Morgan fingerprint density at radius 1 is 1.11 bits per heavy atom. The predicted octanol–water partition coefficient (Wildman–Crippen LogP) is 3.62. The van der Waals surface area contributed by atoms with E-state index in [0.717, 1.165) is 12.0 Å². The lowest BCUT2D eigenvalue weighted by Crippen LogP contribution is -2.65. The van der Waals surface area contributed by atoms with Crippen LogP contribution in [-0.4, -0.2) is 52.6 Å². The highest BCUT2D eigenvalue weighted by Crippen LogP contribution is 2.65. The molecule has 6 rings (SSSR count). The highest BCUT2D eigenvalue weighted by atomic mass is 16.7. The van der Waals surface area contributed by atoms with Crippen LogP contribution in [0.3, 0.4) is 0 Å². The first-order valence-corrected chi connectivity index (χ1v) is 13.8. The average Bonchev–Trinajstić information content (AvgIpc) is 3.26. The number of carbonyl (C=O) groups is 2. The molecule has 0 radical (unpaired) electrons. The smallest absolute Gasteiger partial charge is 0.404 e. The van der Waals surface area contributed by atoms with Gasteiger partial charge in [-0.2, -0.15) is 0 Å². The molecular weight excluding hydrogens is 479 g/mol. The SMILES string of the molecule is CC(C)C[C@H](NC(=O)C(Cc1ccccc1)NC(=O)c1cnccn1)B1O[C@@H]2C[C@@H]3C[C@@H](C3(C)C)[C@]2(C)O1. The van der Waals surface area contributed by atoms with Gasteiger partial charge in [0.1, 0.15) is 11.7 Å². The molecule has 4 fully saturated rings. The topological polar surface area (TPSA) is 102 Å². The Kier molecular flexibility index (Phi) is 7.35. The van der Waals surface area contributed by atoms with Crippen molar-refractivity contribution in [3.05, 3.63) is 60.2 Å². The van der Waals surface area contributed by atoms with E-state index in [-0.39, 0.29) is 34.7 Å². The van der Waals surface area contributed by atoms with Gasteiger partial charge in [-0.3, -0.25) is 14.6 Å². The Morgan fingerprint density at radius 2 is 1.87 bits per heavy atom. The van der Waals surface area contributed by atoms with Crippen LogP contribution < -0.4 is 10.6 Å². The molecule has 3 saturated carbocycles. The van der Waals surface area contributed by atoms with E-state index >= 15 is 0 Å². The second kappa shape index (κ2) is 10.4. The van der Waals surface area contributed by atoms with Crippen LogP contribution in [0, 0.1) is 23.2 Å². The third-order valence-corrected chi connectivity index (χ3v) is 9.05. The molecule has 1 aromatic carbocycles. The van der Waals surface area contributed by atoms with Gasteiger partial charge in [-0.05, 0) is 54.9 Å². The summed E-state index contributed by atoms with van der Waals surface area (Å²) in [5.74, 6) is 0.359. The van der Waals surface area contributed by atoms with Crippen LogP contribution in [0.25, 0.3) is 0 Å². The summed E-state index contributed by atoms with van der Waals surface area (Å²) < 4.78 is 13.2. The van der Waals surface area contributed by atoms with E-state index in [1.165, 1.54) is 25.0 Å². The summed E-state index contributed by atoms with van der Waals surface area (Å²) in [5.41, 5.74) is 0.998. The van der Waals surface area contributed by atoms with E-state index < -0.39 is 19.1 Å². The summed E-state index contributed by atoms with van der Waals surface area (Å²) in [5, 5.41) is 6.08. The second-order valence-corrected chi connectivity index (χ2v) is 12.4. The van der Waals surface area contributed by atoms with Gasteiger partial charge >= 0.3 is 7.12 Å². The number of hydrogen-bond acceptors (Lipinski definition) is 6. The van der Waals surface area contributed by atoms with Crippen LogP contribution in [0.15, 0.2) is 48.9 Å². The Balaban J connectivity index is 1.34. The first-order chi connectivity index (χ1) is 18.1. The van der Waals surface area contributed by atoms with Gasteiger partial charge in [0.05, 0.1) is 23.8 Å². The van der Waals surface area contributed by atoms with Crippen molar-refractivity contribution in [2.75, 3.05) is 0 Å². The normalized spacial score (nSPS) is 28.7. The summed E-state index contributed by atoms with van der Waals surface area (Å²) in [7, 11) is -0.528. The summed E-state index contributed by atoms with van der Waals surface area (Å²) in [6.45, 7) is 11.1. The maximum absolute atomic E-state index is 13.8. The lowest BCUT2D eigenvalue weighted by atomic mass is 9.43. The molecule has 1 aromatic heterocycles. The van der Waals surface area contributed by atoms with Gasteiger partial charge in [0.2, 0.25) is 5.91 Å². The quantitative estimate of drug-likeness (QED) is 0.492. The lowest BCUT2D eigenvalue weighted by Gasteiger charge is -2.64. The Labute approximate surface area is 225 Å². The number of rotatable bonds is 9. The van der Waals surface area contributed by atoms with Gasteiger partial charge in [0.25, 0.3) is 5.91 Å². The number of amides is 2. The molecule has 1 saturated heterocycles. The van der Waals surface area contributed by atoms with Gasteiger partial charge < -0.3 is 19.9 Å². The second-order valence-electron chi connectivity index (χ2n) is 12.4. The standard InChI is InChI=1S/C29H39BN4O4/c1-18(2)13-25(30-37-24-16-20-15-23(28(20,3)4)29(24,5)38-30)34-26(35)21(14-19-9-7-6-8-10-19)33-27(36)22-17-31-11-12-32-22/h6-12,17-18,20-21,23-25H,13-16H2,1-5H3,(H,33,36)(H,34,35)/t20-,21?,23-,24+,25-,29-/m0/s1. The zero-order chi connectivity index (χ0) is 27.1. The van der Waals surface area contributed by atoms with Crippen molar-refractivity contribution in [3.63, 3.8) is 0 Å². The van der Waals surface area contributed by atoms with Crippen molar-refractivity contribution in [3.8, 4) is 0 Å². The minimum absolute atomic E-state index is 0.0345. The number of nitrogens with zero attached hydrogens (tertiary/aromatic N) is 2. The van der Waals surface area contributed by atoms with Crippen LogP contribution >= 0.6 is 0 Å². The third-order valence-electron chi connectivity index (χ3n) is 9.05. The highest BCUT2D eigenvalue weighted by molar-refractivity contribution is 6.48. The molecule has 2 N–H and O–H groups in total. The number of carbonyl (C=O) groups excluding carboxylic acids is 2. The maximum Gasteiger partial charge on any atom is 0.481 e. The van der Waals surface area contributed by atoms with Gasteiger partial charge in [-0.1, -0.05) is 58.0 Å². The number of nitrogens with one attached hydrogen (secondary N) is 2. The molecule has 3 aliphatic carbocycles. The molecule has 2 aromatic rings. The zero-order valence-electron chi connectivity index (χ0n) is 23.0. The van der Waals surface area contributed by atoms with Crippen LogP contribution in [0.5, 0.6) is 0 Å². The van der Waals surface area contributed by atoms with Gasteiger partial charge in [0.15, 0.2) is 0 Å². The minimum atomic E-state index is -0.799. The first kappa shape index (κ1) is 26.8. The van der Waals surface area contributed by atoms with Crippen molar-refractivity contribution in [1.82, 2.24) is 20.6 Å². The monoisotopic (exact) mass is 518 g/mol. The summed E-state index contributed by atoms with van der Waals surface area (Å²) >= 11 is 0. The molecule has 1 unspecified atom stereocenters. The molecule has 1 aliphatic heterocycles. The molecular formula is C29H39BN4O4. The first-order valence-electron chi connectivity index (χ1n) is 13.8. The molecule has 0 spiro atoms. The Bertz CT molecular complexity index is 1150. The fourth-order valence-electron chi connectivity index (χ4n) is 6.81. The van der Waals surface area contributed by atoms with Gasteiger partial charge in [0, 0.05) is 18.8 Å². The summed E-state index contributed by atoms with van der Waals surface area (Å²) in [6.07, 6.45) is 7.60. The number of aromatic nitrogens is 2. The van der Waals surface area contributed by atoms with Crippen LogP contribution in [-0.2, 0) is 20.5 Å². The zero-order valence-corrected chi connectivity index (χ0v) is 23.0. The predicted molar refractivity (Wildman–Crippen MR) is 145 cm³/mol. The molecule has 202 valence electrons. The van der Waals surface area contributed by atoms with Crippen molar-refractivity contribution in [1.29, 1.82) is 0 Å². The van der Waals surface area contributed by atoms with Crippen LogP contribution in [0.1, 0.15) is 69.9 Å². The molecule has 38 heavy (non-hydrogen) atoms. The molecule has 6 atom stereocenters. The van der Waals surface area contributed by atoms with E-state index in [9.17, 15) is 9.59 Å². The number of benzene rings is 1. The van der Waals surface area contributed by atoms with E-state index in [2.05, 4.69) is 55.2 Å². The van der Waals surface area contributed by atoms with Crippen molar-refractivity contribution in [2.45, 2.75) is 84.0 Å². The molecule has 2 bridgehead atoms. The molecule has 8 nitrogen and oxygen atoms in total. The Morgan fingerprint density at radius 3 is 2.53 bits per heavy atom. The fourth-order valence-corrected chi connectivity index (χ4v) is 6.81. The fraction of sp³-hybridized carbons (Fsp3) is 0.586. The summed E-state index contributed by atoms with van der Waals surface area (Å²) in [4.78, 5) is 34.8. The molecule has 2 amide bonds. The number of hydrogen-bond donors (Lipinski definition) is 2. The lowest BCUT2D eigenvalue weighted by molar-refractivity contribution is -0.199. The molecule has 9 heteroatoms. The molecule has 4 aliphatic rings. The van der Waals surface area contributed by atoms with Crippen molar-refractivity contribution < 1.29 is 18.9 Å². The van der Waals surface area contributed by atoms with Gasteiger partial charge in [-0.25, -0.2) is 4.98 Å². The van der Waals surface area contributed by atoms with Gasteiger partial charge in [-0.15, -0.1) is 0 Å². The third kappa shape index (κ3) is 5.10. The van der Waals surface area contributed by atoms with Crippen LogP contribution in [0.2, 0.25) is 0 Å². The largest absolute Gasteiger partial charge is 0.481 e. The van der Waals surface area contributed by atoms with Crippen LogP contribution in [0.4, 0.5) is 0 Å². The van der Waals surface area contributed by atoms with E-state index in [0.29, 0.717) is 30.6 Å². The molecule has 2 heterocycles. The highest BCUT2D eigenvalue weighted by Gasteiger charge is 2.68. The minimum Gasteiger partial charge on any atom is -0.404 e. The van der Waals surface area contributed by atoms with Crippen molar-refractivity contribution in [2.24, 2.45) is 23.2 Å².